The Bertz CT molecular complexity index is 1290. The van der Waals surface area contributed by atoms with Crippen LogP contribution in [0.25, 0.3) is 16.6 Å². The lowest BCUT2D eigenvalue weighted by Crippen LogP contribution is -2.17. The van der Waals surface area contributed by atoms with Gasteiger partial charge in [0.25, 0.3) is 11.5 Å². The number of azo groups is 1. The number of hydrogen-bond donors (Lipinski definition) is 0. The highest BCUT2D eigenvalue weighted by atomic mass is 79.9. The summed E-state index contributed by atoms with van der Waals surface area (Å²) < 4.78 is 2.46. The number of para-hydroxylation sites is 1. The molecule has 4 aromatic rings. The van der Waals surface area contributed by atoms with Crippen LogP contribution in [0.4, 0.5) is 5.95 Å². The first-order valence-electron chi connectivity index (χ1n) is 9.49. The van der Waals surface area contributed by atoms with Gasteiger partial charge in [-0.05, 0) is 36.2 Å². The zero-order chi connectivity index (χ0) is 20.9. The first kappa shape index (κ1) is 19.9. The minimum Gasteiger partial charge on any atom is -0.278 e. The van der Waals surface area contributed by atoms with Gasteiger partial charge in [-0.3, -0.25) is 9.36 Å². The van der Waals surface area contributed by atoms with Crippen molar-refractivity contribution in [1.29, 1.82) is 0 Å². The van der Waals surface area contributed by atoms with Crippen molar-refractivity contribution in [2.45, 2.75) is 6.42 Å². The van der Waals surface area contributed by atoms with Crippen LogP contribution in [-0.2, 0) is 13.5 Å². The Morgan fingerprint density at radius 1 is 1.00 bits per heavy atom. The van der Waals surface area contributed by atoms with Crippen molar-refractivity contribution in [3.63, 3.8) is 0 Å². The van der Waals surface area contributed by atoms with Crippen molar-refractivity contribution in [1.82, 2.24) is 9.55 Å². The maximum Gasteiger partial charge on any atom is 0.262 e. The van der Waals surface area contributed by atoms with Crippen LogP contribution in [-0.4, -0.2) is 9.55 Å². The predicted molar refractivity (Wildman–Crippen MR) is 124 cm³/mol. The van der Waals surface area contributed by atoms with Gasteiger partial charge in [-0.2, -0.15) is 0 Å². The van der Waals surface area contributed by atoms with Gasteiger partial charge in [0, 0.05) is 17.1 Å². The third-order valence-electron chi connectivity index (χ3n) is 4.72. The van der Waals surface area contributed by atoms with Crippen LogP contribution in [0, 0.1) is 0 Å². The summed E-state index contributed by atoms with van der Waals surface area (Å²) >= 11 is 3.46. The van der Waals surface area contributed by atoms with E-state index < -0.39 is 0 Å². The van der Waals surface area contributed by atoms with E-state index >= 15 is 0 Å². The quantitative estimate of drug-likeness (QED) is 0.341. The van der Waals surface area contributed by atoms with Crippen molar-refractivity contribution in [3.05, 3.63) is 111 Å². The fourth-order valence-corrected chi connectivity index (χ4v) is 3.32. The number of nitrogens with zero attached hydrogens (tertiary/aromatic N) is 4. The van der Waals surface area contributed by atoms with Gasteiger partial charge in [0.1, 0.15) is 0 Å². The molecule has 5 nitrogen and oxygen atoms in total. The number of benzene rings is 3. The first-order valence-corrected chi connectivity index (χ1v) is 10.3. The summed E-state index contributed by atoms with van der Waals surface area (Å²) in [6.07, 6.45) is 2.74. The van der Waals surface area contributed by atoms with Gasteiger partial charge in [0.15, 0.2) is 0 Å². The summed E-state index contributed by atoms with van der Waals surface area (Å²) in [6, 6.07) is 25.3. The molecular weight excluding hydrogens is 440 g/mol. The molecular formula is C24H19BrN4O. The Morgan fingerprint density at radius 3 is 2.47 bits per heavy atom. The molecule has 0 saturated carbocycles. The van der Waals surface area contributed by atoms with Gasteiger partial charge in [-0.1, -0.05) is 76.6 Å². The van der Waals surface area contributed by atoms with Crippen molar-refractivity contribution < 1.29 is 0 Å². The fraction of sp³-hybridized carbons (Fsp3) is 0.0833. The molecule has 1 heterocycles. The van der Waals surface area contributed by atoms with E-state index in [1.807, 2.05) is 60.7 Å². The molecule has 0 N–H and O–H groups in total. The van der Waals surface area contributed by atoms with Crippen LogP contribution in [0.5, 0.6) is 0 Å². The van der Waals surface area contributed by atoms with Gasteiger partial charge in [-0.25, -0.2) is 4.98 Å². The van der Waals surface area contributed by atoms with Crippen molar-refractivity contribution in [3.8, 4) is 0 Å². The van der Waals surface area contributed by atoms with E-state index in [-0.39, 0.29) is 11.5 Å². The molecule has 1 aromatic heterocycles. The maximum atomic E-state index is 12.6. The van der Waals surface area contributed by atoms with Crippen molar-refractivity contribution in [2.75, 3.05) is 0 Å². The summed E-state index contributed by atoms with van der Waals surface area (Å²) in [7, 11) is 1.66. The zero-order valence-electron chi connectivity index (χ0n) is 16.4. The van der Waals surface area contributed by atoms with Crippen LogP contribution in [0.15, 0.2) is 104 Å². The molecule has 148 valence electrons. The van der Waals surface area contributed by atoms with Gasteiger partial charge < -0.3 is 0 Å². The molecule has 0 aliphatic rings. The average Bonchev–Trinajstić information content (AvgIpc) is 2.78. The highest BCUT2D eigenvalue weighted by molar-refractivity contribution is 9.10. The Kier molecular flexibility index (Phi) is 5.95. The highest BCUT2D eigenvalue weighted by Crippen LogP contribution is 2.21. The van der Waals surface area contributed by atoms with E-state index in [1.165, 1.54) is 4.57 Å². The second-order valence-electron chi connectivity index (χ2n) is 6.78. The molecule has 0 unspecified atom stereocenters. The van der Waals surface area contributed by atoms with Crippen molar-refractivity contribution >= 4 is 38.5 Å². The van der Waals surface area contributed by atoms with Crippen LogP contribution in [0.3, 0.4) is 0 Å². The minimum absolute atomic E-state index is 0.144. The lowest BCUT2D eigenvalue weighted by molar-refractivity contribution is 0.831. The summed E-state index contributed by atoms with van der Waals surface area (Å²) in [5.41, 5.74) is 3.30. The molecule has 6 heteroatoms. The normalized spacial score (nSPS) is 12.0. The molecule has 0 atom stereocenters. The molecule has 0 amide bonds. The number of fused-ring (bicyclic) bond motifs is 1. The molecule has 30 heavy (non-hydrogen) atoms. The molecule has 0 aliphatic carbocycles. The lowest BCUT2D eigenvalue weighted by Gasteiger charge is -2.05. The SMILES string of the molecule is Cn1c(N=N/C(=C\Cc2ccc(Br)cc2)c2ccccc2)nc2ccccc2c1=O. The topological polar surface area (TPSA) is 59.6 Å². The fourth-order valence-electron chi connectivity index (χ4n) is 3.05. The molecule has 4 rings (SSSR count). The van der Waals surface area contributed by atoms with Gasteiger partial charge in [-0.15, -0.1) is 10.2 Å². The van der Waals surface area contributed by atoms with E-state index in [0.717, 1.165) is 21.3 Å². The van der Waals surface area contributed by atoms with Crippen molar-refractivity contribution in [2.24, 2.45) is 17.3 Å². The van der Waals surface area contributed by atoms with Crippen LogP contribution in [0.2, 0.25) is 0 Å². The molecule has 0 bridgehead atoms. The zero-order valence-corrected chi connectivity index (χ0v) is 18.0. The van der Waals surface area contributed by atoms with Gasteiger partial charge in [0.2, 0.25) is 0 Å². The van der Waals surface area contributed by atoms with Crippen LogP contribution < -0.4 is 5.56 Å². The predicted octanol–water partition coefficient (Wildman–Crippen LogP) is 6.06. The summed E-state index contributed by atoms with van der Waals surface area (Å²) in [5, 5.41) is 9.34. The molecule has 0 saturated heterocycles. The largest absolute Gasteiger partial charge is 0.278 e. The smallest absolute Gasteiger partial charge is 0.262 e. The Hall–Kier alpha value is -3.38. The highest BCUT2D eigenvalue weighted by Gasteiger charge is 2.08. The van der Waals surface area contributed by atoms with Crippen LogP contribution >= 0.6 is 15.9 Å². The standard InChI is InChI=1S/C24H19BrN4O/c1-29-23(30)20-9-5-6-10-22(20)26-24(29)28-27-21(18-7-3-2-4-8-18)16-13-17-11-14-19(25)15-12-17/h2-12,14-16H,13H2,1H3/b21-16-,28-27?. The third kappa shape index (κ3) is 4.44. The molecule has 0 spiro atoms. The van der Waals surface area contributed by atoms with Gasteiger partial charge in [0.05, 0.1) is 16.6 Å². The lowest BCUT2D eigenvalue weighted by atomic mass is 10.1. The second kappa shape index (κ2) is 8.97. The Labute approximate surface area is 182 Å². The maximum absolute atomic E-state index is 12.6. The Balaban J connectivity index is 1.71. The van der Waals surface area contributed by atoms with Gasteiger partial charge >= 0.3 is 0 Å². The monoisotopic (exact) mass is 458 g/mol. The van der Waals surface area contributed by atoms with E-state index in [0.29, 0.717) is 17.3 Å². The number of aromatic nitrogens is 2. The first-order chi connectivity index (χ1) is 14.6. The number of halogens is 1. The van der Waals surface area contributed by atoms with E-state index in [2.05, 4.69) is 43.3 Å². The summed E-state index contributed by atoms with van der Waals surface area (Å²) in [4.78, 5) is 17.1. The molecule has 3 aromatic carbocycles. The number of allylic oxidation sites excluding steroid dienone is 1. The van der Waals surface area contributed by atoms with E-state index in [4.69, 9.17) is 0 Å². The number of rotatable bonds is 5. The summed E-state index contributed by atoms with van der Waals surface area (Å²) in [6.45, 7) is 0. The molecule has 0 aliphatic heterocycles. The third-order valence-corrected chi connectivity index (χ3v) is 5.25. The Morgan fingerprint density at radius 2 is 1.70 bits per heavy atom. The molecule has 0 radical (unpaired) electrons. The number of hydrogen-bond acceptors (Lipinski definition) is 4. The average molecular weight is 459 g/mol. The molecule has 0 fully saturated rings. The summed E-state index contributed by atoms with van der Waals surface area (Å²) in [5.74, 6) is 0.268. The minimum atomic E-state index is -0.144. The second-order valence-corrected chi connectivity index (χ2v) is 7.69. The van der Waals surface area contributed by atoms with E-state index in [9.17, 15) is 4.79 Å². The van der Waals surface area contributed by atoms with E-state index in [1.54, 1.807) is 19.2 Å². The van der Waals surface area contributed by atoms with Crippen LogP contribution in [0.1, 0.15) is 11.1 Å².